The Hall–Kier alpha value is -2.05. The summed E-state index contributed by atoms with van der Waals surface area (Å²) in [6, 6.07) is 7.01. The maximum Gasteiger partial charge on any atom is 0.407 e. The Morgan fingerprint density at radius 2 is 2.23 bits per heavy atom. The van der Waals surface area contributed by atoms with Crippen LogP contribution in [0, 0.1) is 0 Å². The Bertz CT molecular complexity index is 773. The average Bonchev–Trinajstić information content (AvgIpc) is 3.35. The minimum atomic E-state index is -0.309. The number of H-pyrrole nitrogens is 1. The van der Waals surface area contributed by atoms with E-state index in [1.165, 1.54) is 34.9 Å². The van der Waals surface area contributed by atoms with Gasteiger partial charge in [0, 0.05) is 36.8 Å². The molecule has 2 N–H and O–H groups in total. The molecule has 0 spiro atoms. The van der Waals surface area contributed by atoms with Crippen LogP contribution in [0.2, 0.25) is 0 Å². The first-order valence-corrected chi connectivity index (χ1v) is 9.48. The van der Waals surface area contributed by atoms with E-state index in [4.69, 9.17) is 9.47 Å². The van der Waals surface area contributed by atoms with Crippen LogP contribution in [0.25, 0.3) is 10.9 Å². The number of fused-ring (bicyclic) bond motifs is 1. The molecule has 0 unspecified atom stereocenters. The molecule has 2 atom stereocenters. The van der Waals surface area contributed by atoms with E-state index in [9.17, 15) is 4.79 Å². The number of cyclic esters (lactones) is 1. The smallest absolute Gasteiger partial charge is 0.407 e. The van der Waals surface area contributed by atoms with Gasteiger partial charge in [-0.05, 0) is 49.4 Å². The predicted molar refractivity (Wildman–Crippen MR) is 100 cm³/mol. The van der Waals surface area contributed by atoms with Crippen molar-refractivity contribution in [3.63, 3.8) is 0 Å². The molecule has 2 aliphatic rings. The van der Waals surface area contributed by atoms with Crippen molar-refractivity contribution in [3.8, 4) is 0 Å². The molecule has 2 fully saturated rings. The Balaban J connectivity index is 1.54. The van der Waals surface area contributed by atoms with E-state index in [0.717, 1.165) is 32.5 Å². The largest absolute Gasteiger partial charge is 0.447 e. The summed E-state index contributed by atoms with van der Waals surface area (Å²) in [6.45, 7) is 3.40. The first kappa shape index (κ1) is 17.4. The third-order valence-corrected chi connectivity index (χ3v) is 5.61. The summed E-state index contributed by atoms with van der Waals surface area (Å²) in [4.78, 5) is 17.3. The second kappa shape index (κ2) is 7.68. The van der Waals surface area contributed by atoms with Gasteiger partial charge in [0.25, 0.3) is 0 Å². The molecule has 3 heterocycles. The van der Waals surface area contributed by atoms with Gasteiger partial charge in [0.05, 0.1) is 12.6 Å². The van der Waals surface area contributed by atoms with Crippen LogP contribution in [0.4, 0.5) is 4.79 Å². The molecule has 6 heteroatoms. The zero-order valence-corrected chi connectivity index (χ0v) is 15.3. The molecule has 2 aromatic rings. The van der Waals surface area contributed by atoms with E-state index in [2.05, 4.69) is 39.6 Å². The third-order valence-electron chi connectivity index (χ3n) is 5.61. The number of carbonyl (C=O) groups is 1. The molecule has 0 aliphatic carbocycles. The molecule has 0 saturated carbocycles. The minimum absolute atomic E-state index is 0.0560. The van der Waals surface area contributed by atoms with Crippen molar-refractivity contribution in [1.29, 1.82) is 0 Å². The zero-order chi connectivity index (χ0) is 17.9. The van der Waals surface area contributed by atoms with Crippen LogP contribution in [0.15, 0.2) is 24.4 Å². The highest BCUT2D eigenvalue weighted by atomic mass is 16.6. The maximum absolute atomic E-state index is 11.3. The summed E-state index contributed by atoms with van der Waals surface area (Å²) in [6.07, 6.45) is 6.20. The number of hydrogen-bond acceptors (Lipinski definition) is 4. The second-order valence-corrected chi connectivity index (χ2v) is 7.33. The topological polar surface area (TPSA) is 66.6 Å². The van der Waals surface area contributed by atoms with Crippen molar-refractivity contribution in [2.45, 2.75) is 37.8 Å². The van der Waals surface area contributed by atoms with Crippen molar-refractivity contribution in [3.05, 3.63) is 35.5 Å². The van der Waals surface area contributed by atoms with Gasteiger partial charge in [-0.15, -0.1) is 0 Å². The predicted octanol–water partition coefficient (Wildman–Crippen LogP) is 2.47. The van der Waals surface area contributed by atoms with Crippen molar-refractivity contribution in [1.82, 2.24) is 15.2 Å². The van der Waals surface area contributed by atoms with Gasteiger partial charge in [0.1, 0.15) is 6.61 Å². The fourth-order valence-corrected chi connectivity index (χ4v) is 4.35. The van der Waals surface area contributed by atoms with Gasteiger partial charge in [-0.25, -0.2) is 4.79 Å². The number of methoxy groups -OCH3 is 1. The summed E-state index contributed by atoms with van der Waals surface area (Å²) in [7, 11) is 1.77. The van der Waals surface area contributed by atoms with E-state index >= 15 is 0 Å². The second-order valence-electron chi connectivity index (χ2n) is 7.33. The molecule has 1 aromatic heterocycles. The summed E-state index contributed by atoms with van der Waals surface area (Å²) in [5, 5.41) is 4.20. The first-order valence-electron chi connectivity index (χ1n) is 9.48. The molecule has 0 bridgehead atoms. The summed E-state index contributed by atoms with van der Waals surface area (Å²) >= 11 is 0. The van der Waals surface area contributed by atoms with Crippen LogP contribution in [0.5, 0.6) is 0 Å². The molecule has 1 amide bonds. The number of alkyl carbamates (subject to hydrolysis) is 1. The standard InChI is InChI=1S/C20H27N3O3/c1-25-9-8-23-7-3-5-17(23)11-15-12-21-18-6-2-4-14(19(15)18)10-16-13-26-20(24)22-16/h2,4,6,12,16-17,21H,3,5,7-11,13H2,1H3,(H,22,24)/t16-,17+/m0/s1. The molecule has 2 saturated heterocycles. The van der Waals surface area contributed by atoms with Crippen molar-refractivity contribution < 1.29 is 14.3 Å². The number of aromatic amines is 1. The highest BCUT2D eigenvalue weighted by molar-refractivity contribution is 5.87. The van der Waals surface area contributed by atoms with Crippen LogP contribution in [-0.4, -0.2) is 61.5 Å². The van der Waals surface area contributed by atoms with Crippen LogP contribution in [-0.2, 0) is 22.3 Å². The van der Waals surface area contributed by atoms with Gasteiger partial charge in [-0.3, -0.25) is 4.90 Å². The lowest BCUT2D eigenvalue weighted by molar-refractivity contribution is 0.141. The lowest BCUT2D eigenvalue weighted by Gasteiger charge is -2.24. The lowest BCUT2D eigenvalue weighted by Crippen LogP contribution is -2.33. The molecule has 140 valence electrons. The molecule has 1 aromatic carbocycles. The number of likely N-dealkylation sites (tertiary alicyclic amines) is 1. The SMILES string of the molecule is COCCN1CCC[C@@H]1Cc1c[nH]c2cccc(C[C@H]3COC(=O)N3)c12. The molecule has 6 nitrogen and oxygen atoms in total. The number of nitrogens with zero attached hydrogens (tertiary/aromatic N) is 1. The van der Waals surface area contributed by atoms with E-state index in [1.807, 2.05) is 0 Å². The van der Waals surface area contributed by atoms with Crippen molar-refractivity contribution in [2.75, 3.05) is 33.4 Å². The summed E-state index contributed by atoms with van der Waals surface area (Å²) < 4.78 is 10.3. The fraction of sp³-hybridized carbons (Fsp3) is 0.550. The van der Waals surface area contributed by atoms with Crippen LogP contribution >= 0.6 is 0 Å². The minimum Gasteiger partial charge on any atom is -0.447 e. The summed E-state index contributed by atoms with van der Waals surface area (Å²) in [5.41, 5.74) is 3.82. The van der Waals surface area contributed by atoms with Crippen LogP contribution in [0.1, 0.15) is 24.0 Å². The number of nitrogens with one attached hydrogen (secondary N) is 2. The van der Waals surface area contributed by atoms with Crippen molar-refractivity contribution in [2.24, 2.45) is 0 Å². The zero-order valence-electron chi connectivity index (χ0n) is 15.3. The quantitative estimate of drug-likeness (QED) is 0.799. The van der Waals surface area contributed by atoms with Gasteiger partial charge in [0.15, 0.2) is 0 Å². The van der Waals surface area contributed by atoms with Gasteiger partial charge in [-0.1, -0.05) is 12.1 Å². The first-order chi connectivity index (χ1) is 12.7. The van der Waals surface area contributed by atoms with Gasteiger partial charge >= 0.3 is 6.09 Å². The highest BCUT2D eigenvalue weighted by Crippen LogP contribution is 2.28. The number of carbonyl (C=O) groups excluding carboxylic acids is 1. The highest BCUT2D eigenvalue weighted by Gasteiger charge is 2.27. The molecule has 2 aliphatic heterocycles. The van der Waals surface area contributed by atoms with E-state index in [-0.39, 0.29) is 12.1 Å². The molecular formula is C20H27N3O3. The van der Waals surface area contributed by atoms with Crippen LogP contribution < -0.4 is 5.32 Å². The lowest BCUT2D eigenvalue weighted by atomic mass is 9.96. The monoisotopic (exact) mass is 357 g/mol. The van der Waals surface area contributed by atoms with Crippen molar-refractivity contribution >= 4 is 17.0 Å². The number of benzene rings is 1. The van der Waals surface area contributed by atoms with Gasteiger partial charge in [-0.2, -0.15) is 0 Å². The molecular weight excluding hydrogens is 330 g/mol. The Morgan fingerprint density at radius 1 is 1.31 bits per heavy atom. The fourth-order valence-electron chi connectivity index (χ4n) is 4.35. The normalized spacial score (nSPS) is 23.5. The van der Waals surface area contributed by atoms with Crippen LogP contribution in [0.3, 0.4) is 0 Å². The van der Waals surface area contributed by atoms with E-state index in [0.29, 0.717) is 12.6 Å². The Labute approximate surface area is 153 Å². The van der Waals surface area contributed by atoms with E-state index < -0.39 is 0 Å². The maximum atomic E-state index is 11.3. The van der Waals surface area contributed by atoms with E-state index in [1.54, 1.807) is 7.11 Å². The van der Waals surface area contributed by atoms with Gasteiger partial charge < -0.3 is 19.8 Å². The van der Waals surface area contributed by atoms with Gasteiger partial charge in [0.2, 0.25) is 0 Å². The Kier molecular flexibility index (Phi) is 5.13. The Morgan fingerprint density at radius 3 is 3.04 bits per heavy atom. The number of hydrogen-bond donors (Lipinski definition) is 2. The number of ether oxygens (including phenoxy) is 2. The number of rotatable bonds is 7. The molecule has 0 radical (unpaired) electrons. The average molecular weight is 357 g/mol. The molecule has 4 rings (SSSR count). The summed E-state index contributed by atoms with van der Waals surface area (Å²) in [5.74, 6) is 0. The number of amides is 1. The molecule has 26 heavy (non-hydrogen) atoms. The number of aromatic nitrogens is 1. The third kappa shape index (κ3) is 3.57.